The molecule has 22 heavy (non-hydrogen) atoms. The van der Waals surface area contributed by atoms with Crippen LogP contribution in [0.1, 0.15) is 24.1 Å². The maximum atomic E-state index is 5.07. The molecule has 6 heteroatoms. The van der Waals surface area contributed by atoms with E-state index in [-0.39, 0.29) is 0 Å². The van der Waals surface area contributed by atoms with Gasteiger partial charge in [-0.25, -0.2) is 0 Å². The van der Waals surface area contributed by atoms with Crippen LogP contribution in [0.4, 0.5) is 0 Å². The Balaban J connectivity index is 2.17. The van der Waals surface area contributed by atoms with Gasteiger partial charge in [0.1, 0.15) is 0 Å². The lowest BCUT2D eigenvalue weighted by molar-refractivity contribution is 0.180. The monoisotopic (exact) mass is 326 g/mol. The number of rotatable bonds is 10. The molecule has 0 fully saturated rings. The summed E-state index contributed by atoms with van der Waals surface area (Å²) in [5.74, 6) is 1.36. The summed E-state index contributed by atoms with van der Waals surface area (Å²) in [6.07, 6.45) is 1.07. The number of nitrogens with one attached hydrogen (secondary N) is 2. The van der Waals surface area contributed by atoms with Crippen LogP contribution >= 0.6 is 11.3 Å². The van der Waals surface area contributed by atoms with Gasteiger partial charge in [0.2, 0.25) is 0 Å². The Labute approximate surface area is 138 Å². The second-order valence-corrected chi connectivity index (χ2v) is 6.43. The van der Waals surface area contributed by atoms with Crippen LogP contribution < -0.4 is 10.6 Å². The highest BCUT2D eigenvalue weighted by Gasteiger charge is 2.07. The maximum absolute atomic E-state index is 5.07. The normalized spacial score (nSPS) is 13.4. The molecule has 0 aliphatic heterocycles. The van der Waals surface area contributed by atoms with Crippen LogP contribution in [0.2, 0.25) is 0 Å². The van der Waals surface area contributed by atoms with Crippen LogP contribution in [0.5, 0.6) is 0 Å². The number of hydrogen-bond donors (Lipinski definition) is 2. The van der Waals surface area contributed by atoms with E-state index in [0.717, 1.165) is 45.2 Å². The summed E-state index contributed by atoms with van der Waals surface area (Å²) in [6.45, 7) is 6.87. The predicted octanol–water partition coefficient (Wildman–Crippen LogP) is 1.98. The molecule has 0 radical (unpaired) electrons. The van der Waals surface area contributed by atoms with Crippen LogP contribution in [0.25, 0.3) is 0 Å². The minimum Gasteiger partial charge on any atom is -0.385 e. The number of ether oxygens (including phenoxy) is 1. The first-order valence-electron chi connectivity index (χ1n) is 7.82. The van der Waals surface area contributed by atoms with Crippen LogP contribution in [0, 0.1) is 0 Å². The molecular formula is C16H30N4OS. The molecule has 0 aliphatic carbocycles. The van der Waals surface area contributed by atoms with Gasteiger partial charge in [0.15, 0.2) is 5.96 Å². The quantitative estimate of drug-likeness (QED) is 0.392. The summed E-state index contributed by atoms with van der Waals surface area (Å²) in [6, 6.07) is 4.28. The van der Waals surface area contributed by atoms with Crippen molar-refractivity contribution in [2.75, 3.05) is 54.0 Å². The summed E-state index contributed by atoms with van der Waals surface area (Å²) in [4.78, 5) is 7.98. The van der Waals surface area contributed by atoms with E-state index in [0.29, 0.717) is 5.92 Å². The highest BCUT2D eigenvalue weighted by Crippen LogP contribution is 2.19. The minimum absolute atomic E-state index is 0.496. The van der Waals surface area contributed by atoms with E-state index >= 15 is 0 Å². The molecule has 0 saturated heterocycles. The second-order valence-electron chi connectivity index (χ2n) is 5.45. The first-order chi connectivity index (χ1) is 10.7. The summed E-state index contributed by atoms with van der Waals surface area (Å²) >= 11 is 1.80. The van der Waals surface area contributed by atoms with Crippen LogP contribution in [-0.2, 0) is 4.74 Å². The van der Waals surface area contributed by atoms with Gasteiger partial charge in [-0.1, -0.05) is 13.0 Å². The highest BCUT2D eigenvalue weighted by molar-refractivity contribution is 7.10. The maximum Gasteiger partial charge on any atom is 0.191 e. The van der Waals surface area contributed by atoms with E-state index in [2.05, 4.69) is 52.0 Å². The minimum atomic E-state index is 0.496. The van der Waals surface area contributed by atoms with Crippen LogP contribution in [0.15, 0.2) is 22.5 Å². The van der Waals surface area contributed by atoms with E-state index in [4.69, 9.17) is 4.74 Å². The SMILES string of the molecule is CN=C(NCCN(C)CCCOC)NCC(C)c1cccs1. The van der Waals surface area contributed by atoms with Gasteiger partial charge in [0.05, 0.1) is 0 Å². The van der Waals surface area contributed by atoms with Gasteiger partial charge in [-0.2, -0.15) is 0 Å². The van der Waals surface area contributed by atoms with E-state index in [9.17, 15) is 0 Å². The molecule has 0 spiro atoms. The topological polar surface area (TPSA) is 48.9 Å². The molecule has 0 bridgehead atoms. The van der Waals surface area contributed by atoms with Crippen LogP contribution in [-0.4, -0.2) is 64.9 Å². The Bertz CT molecular complexity index is 408. The first-order valence-corrected chi connectivity index (χ1v) is 8.70. The highest BCUT2D eigenvalue weighted by atomic mass is 32.1. The molecule has 2 N–H and O–H groups in total. The van der Waals surface area contributed by atoms with Crippen molar-refractivity contribution in [2.24, 2.45) is 4.99 Å². The van der Waals surface area contributed by atoms with E-state index in [1.54, 1.807) is 18.4 Å². The van der Waals surface area contributed by atoms with Crippen molar-refractivity contribution in [3.63, 3.8) is 0 Å². The lowest BCUT2D eigenvalue weighted by Gasteiger charge is -2.19. The van der Waals surface area contributed by atoms with Crippen molar-refractivity contribution in [3.05, 3.63) is 22.4 Å². The first kappa shape index (κ1) is 18.9. The molecule has 0 saturated carbocycles. The number of nitrogens with zero attached hydrogens (tertiary/aromatic N) is 2. The fourth-order valence-electron chi connectivity index (χ4n) is 2.10. The zero-order valence-corrected chi connectivity index (χ0v) is 15.1. The lowest BCUT2D eigenvalue weighted by atomic mass is 10.1. The zero-order chi connectivity index (χ0) is 16.2. The fourth-order valence-corrected chi connectivity index (χ4v) is 2.89. The van der Waals surface area contributed by atoms with Crippen molar-refractivity contribution < 1.29 is 4.74 Å². The van der Waals surface area contributed by atoms with Gasteiger partial charge in [-0.15, -0.1) is 11.3 Å². The van der Waals surface area contributed by atoms with Gasteiger partial charge in [0, 0.05) is 57.7 Å². The van der Waals surface area contributed by atoms with Crippen molar-refractivity contribution >= 4 is 17.3 Å². The molecule has 5 nitrogen and oxygen atoms in total. The fraction of sp³-hybridized carbons (Fsp3) is 0.688. The number of likely N-dealkylation sites (N-methyl/N-ethyl adjacent to an activating group) is 1. The third-order valence-corrected chi connectivity index (χ3v) is 4.61. The molecule has 0 aliphatic rings. The molecule has 1 heterocycles. The Morgan fingerprint density at radius 3 is 2.86 bits per heavy atom. The zero-order valence-electron chi connectivity index (χ0n) is 14.3. The lowest BCUT2D eigenvalue weighted by Crippen LogP contribution is -2.42. The Hall–Kier alpha value is -1.11. The van der Waals surface area contributed by atoms with Gasteiger partial charge >= 0.3 is 0 Å². The average molecular weight is 327 g/mol. The summed E-state index contributed by atoms with van der Waals surface area (Å²) < 4.78 is 5.07. The number of hydrogen-bond acceptors (Lipinski definition) is 4. The van der Waals surface area contributed by atoms with Crippen molar-refractivity contribution in [3.8, 4) is 0 Å². The number of methoxy groups -OCH3 is 1. The number of guanidine groups is 1. The number of aliphatic imine (C=N–C) groups is 1. The molecule has 1 aromatic heterocycles. The molecule has 1 atom stereocenters. The van der Waals surface area contributed by atoms with Crippen molar-refractivity contribution in [1.29, 1.82) is 0 Å². The molecular weight excluding hydrogens is 296 g/mol. The molecule has 1 rings (SSSR count). The molecule has 126 valence electrons. The van der Waals surface area contributed by atoms with Gasteiger partial charge in [0.25, 0.3) is 0 Å². The summed E-state index contributed by atoms with van der Waals surface area (Å²) in [5.41, 5.74) is 0. The molecule has 1 aromatic rings. The van der Waals surface area contributed by atoms with Crippen molar-refractivity contribution in [2.45, 2.75) is 19.3 Å². The Morgan fingerprint density at radius 2 is 2.23 bits per heavy atom. The van der Waals surface area contributed by atoms with Gasteiger partial charge < -0.3 is 20.3 Å². The van der Waals surface area contributed by atoms with E-state index in [1.807, 2.05) is 7.05 Å². The van der Waals surface area contributed by atoms with E-state index < -0.39 is 0 Å². The average Bonchev–Trinajstić information content (AvgIpc) is 3.05. The predicted molar refractivity (Wildman–Crippen MR) is 96.1 cm³/mol. The Morgan fingerprint density at radius 1 is 1.41 bits per heavy atom. The Kier molecular flexibility index (Phi) is 9.86. The second kappa shape index (κ2) is 11.5. The van der Waals surface area contributed by atoms with Gasteiger partial charge in [-0.3, -0.25) is 4.99 Å². The molecule has 0 amide bonds. The third-order valence-electron chi connectivity index (χ3n) is 3.50. The summed E-state index contributed by atoms with van der Waals surface area (Å²) in [5, 5.41) is 8.87. The third kappa shape index (κ3) is 7.77. The van der Waals surface area contributed by atoms with Gasteiger partial charge in [-0.05, 0) is 24.9 Å². The largest absolute Gasteiger partial charge is 0.385 e. The molecule has 0 aromatic carbocycles. The van der Waals surface area contributed by atoms with E-state index in [1.165, 1.54) is 4.88 Å². The smallest absolute Gasteiger partial charge is 0.191 e. The summed E-state index contributed by atoms with van der Waals surface area (Å²) in [7, 11) is 5.69. The number of thiophene rings is 1. The standard InChI is InChI=1S/C16H30N4OS/c1-14(15-7-5-12-22-15)13-19-16(17-2)18-8-10-20(3)9-6-11-21-4/h5,7,12,14H,6,8-11,13H2,1-4H3,(H2,17,18,19). The van der Waals surface area contributed by atoms with Crippen molar-refractivity contribution in [1.82, 2.24) is 15.5 Å². The van der Waals surface area contributed by atoms with Crippen LogP contribution in [0.3, 0.4) is 0 Å². The molecule has 1 unspecified atom stereocenters.